The maximum Gasteiger partial charge on any atom is 0.127 e. The van der Waals surface area contributed by atoms with Crippen LogP contribution >= 0.6 is 0 Å². The van der Waals surface area contributed by atoms with Gasteiger partial charge in [0, 0.05) is 18.5 Å². The second-order valence-corrected chi connectivity index (χ2v) is 7.64. The summed E-state index contributed by atoms with van der Waals surface area (Å²) < 4.78 is 5.87. The van der Waals surface area contributed by atoms with E-state index >= 15 is 0 Å². The SMILES string of the molecule is O[C@@H]1CCC[C@]12CCCN(Cc1ccc(Oc3ccccc3)cc1)C2. The lowest BCUT2D eigenvalue weighted by Crippen LogP contribution is -2.46. The van der Waals surface area contributed by atoms with E-state index in [1.54, 1.807) is 0 Å². The lowest BCUT2D eigenvalue weighted by Gasteiger charge is -2.42. The molecule has 1 heterocycles. The van der Waals surface area contributed by atoms with Gasteiger partial charge in [-0.05, 0) is 62.1 Å². The molecule has 2 aliphatic rings. The van der Waals surface area contributed by atoms with Crippen molar-refractivity contribution in [3.05, 3.63) is 60.2 Å². The van der Waals surface area contributed by atoms with Crippen molar-refractivity contribution in [3.8, 4) is 11.5 Å². The Balaban J connectivity index is 1.38. The molecule has 0 aromatic heterocycles. The zero-order valence-corrected chi connectivity index (χ0v) is 14.7. The fraction of sp³-hybridized carbons (Fsp3) is 0.455. The molecule has 2 aromatic carbocycles. The Morgan fingerprint density at radius 3 is 2.40 bits per heavy atom. The van der Waals surface area contributed by atoms with Crippen LogP contribution in [0.3, 0.4) is 0 Å². The summed E-state index contributed by atoms with van der Waals surface area (Å²) in [4.78, 5) is 2.52. The molecule has 1 saturated heterocycles. The third kappa shape index (κ3) is 3.73. The minimum Gasteiger partial charge on any atom is -0.457 e. The summed E-state index contributed by atoms with van der Waals surface area (Å²) in [6.07, 6.45) is 5.65. The van der Waals surface area contributed by atoms with Crippen LogP contribution in [0.25, 0.3) is 0 Å². The van der Waals surface area contributed by atoms with E-state index in [1.165, 1.54) is 31.2 Å². The van der Waals surface area contributed by atoms with Gasteiger partial charge < -0.3 is 9.84 Å². The van der Waals surface area contributed by atoms with Gasteiger partial charge in [-0.25, -0.2) is 0 Å². The molecule has 132 valence electrons. The number of hydrogen-bond acceptors (Lipinski definition) is 3. The van der Waals surface area contributed by atoms with Crippen molar-refractivity contribution in [2.24, 2.45) is 5.41 Å². The Labute approximate surface area is 150 Å². The minimum absolute atomic E-state index is 0.100. The molecule has 1 spiro atoms. The summed E-state index contributed by atoms with van der Waals surface area (Å²) in [5.74, 6) is 1.74. The van der Waals surface area contributed by atoms with E-state index in [0.717, 1.165) is 37.6 Å². The molecule has 1 N–H and O–H groups in total. The molecule has 0 amide bonds. The summed E-state index contributed by atoms with van der Waals surface area (Å²) in [5, 5.41) is 10.4. The van der Waals surface area contributed by atoms with Gasteiger partial charge in [-0.2, -0.15) is 0 Å². The summed E-state index contributed by atoms with van der Waals surface area (Å²) >= 11 is 0. The van der Waals surface area contributed by atoms with Crippen LogP contribution in [0.1, 0.15) is 37.7 Å². The van der Waals surface area contributed by atoms with E-state index < -0.39 is 0 Å². The Morgan fingerprint density at radius 2 is 1.68 bits per heavy atom. The number of ether oxygens (including phenoxy) is 1. The van der Waals surface area contributed by atoms with Crippen LogP contribution in [0.4, 0.5) is 0 Å². The highest BCUT2D eigenvalue weighted by atomic mass is 16.5. The number of aliphatic hydroxyl groups is 1. The van der Waals surface area contributed by atoms with E-state index in [-0.39, 0.29) is 11.5 Å². The van der Waals surface area contributed by atoms with Crippen molar-refractivity contribution in [3.63, 3.8) is 0 Å². The van der Waals surface area contributed by atoms with E-state index in [2.05, 4.69) is 17.0 Å². The third-order valence-corrected chi connectivity index (χ3v) is 5.86. The van der Waals surface area contributed by atoms with Gasteiger partial charge in [0.25, 0.3) is 0 Å². The van der Waals surface area contributed by atoms with Crippen LogP contribution in [0.2, 0.25) is 0 Å². The second-order valence-electron chi connectivity index (χ2n) is 7.64. The Hall–Kier alpha value is -1.84. The van der Waals surface area contributed by atoms with Crippen LogP contribution in [-0.2, 0) is 6.54 Å². The molecule has 3 heteroatoms. The molecule has 2 atom stereocenters. The molecule has 1 aliphatic carbocycles. The zero-order valence-electron chi connectivity index (χ0n) is 14.7. The van der Waals surface area contributed by atoms with Gasteiger partial charge in [0.05, 0.1) is 6.10 Å². The number of aliphatic hydroxyl groups excluding tert-OH is 1. The van der Waals surface area contributed by atoms with Gasteiger partial charge in [0.2, 0.25) is 0 Å². The van der Waals surface area contributed by atoms with Gasteiger partial charge in [-0.3, -0.25) is 4.90 Å². The van der Waals surface area contributed by atoms with Crippen LogP contribution in [0, 0.1) is 5.41 Å². The summed E-state index contributed by atoms with van der Waals surface area (Å²) in [7, 11) is 0. The monoisotopic (exact) mass is 337 g/mol. The fourth-order valence-electron chi connectivity index (χ4n) is 4.54. The Morgan fingerprint density at radius 1 is 0.960 bits per heavy atom. The molecule has 3 nitrogen and oxygen atoms in total. The van der Waals surface area contributed by atoms with Crippen LogP contribution < -0.4 is 4.74 Å². The maximum absolute atomic E-state index is 10.4. The first-order chi connectivity index (χ1) is 12.2. The number of piperidine rings is 1. The Bertz CT molecular complexity index is 685. The summed E-state index contributed by atoms with van der Waals surface area (Å²) in [6.45, 7) is 3.13. The lowest BCUT2D eigenvalue weighted by atomic mass is 9.76. The summed E-state index contributed by atoms with van der Waals surface area (Å²) in [6, 6.07) is 18.3. The molecule has 1 aliphatic heterocycles. The number of nitrogens with zero attached hydrogens (tertiary/aromatic N) is 1. The van der Waals surface area contributed by atoms with E-state index in [9.17, 15) is 5.11 Å². The zero-order chi connectivity index (χ0) is 17.1. The predicted octanol–water partition coefficient (Wildman–Crippen LogP) is 4.61. The van der Waals surface area contributed by atoms with E-state index in [1.807, 2.05) is 42.5 Å². The second kappa shape index (κ2) is 7.19. The van der Waals surface area contributed by atoms with E-state index in [0.29, 0.717) is 0 Å². The molecular weight excluding hydrogens is 310 g/mol. The highest BCUT2D eigenvalue weighted by Gasteiger charge is 2.44. The number of para-hydroxylation sites is 1. The average Bonchev–Trinajstić information content (AvgIpc) is 2.97. The van der Waals surface area contributed by atoms with Gasteiger partial charge in [-0.15, -0.1) is 0 Å². The highest BCUT2D eigenvalue weighted by molar-refractivity contribution is 5.33. The van der Waals surface area contributed by atoms with Crippen molar-refractivity contribution in [1.82, 2.24) is 4.90 Å². The summed E-state index contributed by atoms with van der Waals surface area (Å²) in [5.41, 5.74) is 1.47. The van der Waals surface area contributed by atoms with Crippen molar-refractivity contribution < 1.29 is 9.84 Å². The number of rotatable bonds is 4. The van der Waals surface area contributed by atoms with Crippen LogP contribution in [-0.4, -0.2) is 29.2 Å². The predicted molar refractivity (Wildman–Crippen MR) is 99.8 cm³/mol. The van der Waals surface area contributed by atoms with Crippen LogP contribution in [0.15, 0.2) is 54.6 Å². The van der Waals surface area contributed by atoms with Crippen molar-refractivity contribution in [2.45, 2.75) is 44.8 Å². The first kappa shape index (κ1) is 16.6. The van der Waals surface area contributed by atoms with Gasteiger partial charge in [0.15, 0.2) is 0 Å². The maximum atomic E-state index is 10.4. The highest BCUT2D eigenvalue weighted by Crippen LogP contribution is 2.45. The normalized spacial score (nSPS) is 26.8. The fourth-order valence-corrected chi connectivity index (χ4v) is 4.54. The molecule has 1 saturated carbocycles. The standard InChI is InChI=1S/C22H27NO2/c24-21-8-4-13-22(21)14-5-15-23(17-22)16-18-9-11-20(12-10-18)25-19-6-2-1-3-7-19/h1-3,6-7,9-12,21,24H,4-5,8,13-17H2/t21-,22-/m1/s1. The number of hydrogen-bond donors (Lipinski definition) is 1. The first-order valence-electron chi connectivity index (χ1n) is 9.46. The number of likely N-dealkylation sites (tertiary alicyclic amines) is 1. The minimum atomic E-state index is -0.100. The lowest BCUT2D eigenvalue weighted by molar-refractivity contribution is -0.0120. The quantitative estimate of drug-likeness (QED) is 0.884. The van der Waals surface area contributed by atoms with Crippen molar-refractivity contribution in [2.75, 3.05) is 13.1 Å². The topological polar surface area (TPSA) is 32.7 Å². The Kier molecular flexibility index (Phi) is 4.78. The molecule has 0 unspecified atom stereocenters. The van der Waals surface area contributed by atoms with Crippen molar-refractivity contribution >= 4 is 0 Å². The first-order valence-corrected chi connectivity index (χ1v) is 9.46. The molecule has 0 radical (unpaired) electrons. The van der Waals surface area contributed by atoms with Gasteiger partial charge in [0.1, 0.15) is 11.5 Å². The smallest absolute Gasteiger partial charge is 0.127 e. The molecule has 4 rings (SSSR count). The average molecular weight is 337 g/mol. The molecule has 25 heavy (non-hydrogen) atoms. The van der Waals surface area contributed by atoms with Gasteiger partial charge in [-0.1, -0.05) is 36.8 Å². The molecule has 2 aromatic rings. The molecular formula is C22H27NO2. The van der Waals surface area contributed by atoms with Gasteiger partial charge >= 0.3 is 0 Å². The number of benzene rings is 2. The third-order valence-electron chi connectivity index (χ3n) is 5.86. The van der Waals surface area contributed by atoms with E-state index in [4.69, 9.17) is 4.74 Å². The largest absolute Gasteiger partial charge is 0.457 e. The van der Waals surface area contributed by atoms with Crippen molar-refractivity contribution in [1.29, 1.82) is 0 Å². The molecule has 0 bridgehead atoms. The molecule has 2 fully saturated rings. The van der Waals surface area contributed by atoms with Crippen LogP contribution in [0.5, 0.6) is 11.5 Å².